The minimum atomic E-state index is 0.201. The molecule has 3 rings (SSSR count). The number of hydrogen-bond donors (Lipinski definition) is 1. The van der Waals surface area contributed by atoms with E-state index >= 15 is 0 Å². The summed E-state index contributed by atoms with van der Waals surface area (Å²) in [6.45, 7) is 0.546. The van der Waals surface area contributed by atoms with Gasteiger partial charge in [0.1, 0.15) is 16.9 Å². The summed E-state index contributed by atoms with van der Waals surface area (Å²) in [6, 6.07) is 9.05. The Balaban J connectivity index is 1.65. The molecule has 0 spiro atoms. The summed E-state index contributed by atoms with van der Waals surface area (Å²) in [5.41, 5.74) is 0.201. The topological polar surface area (TPSA) is 87.6 Å². The molecule has 0 saturated carbocycles. The number of hydrogen-bond acceptors (Lipinski definition) is 8. The van der Waals surface area contributed by atoms with E-state index in [9.17, 15) is 0 Å². The van der Waals surface area contributed by atoms with Crippen LogP contribution in [0.5, 0.6) is 0 Å². The van der Waals surface area contributed by atoms with Crippen molar-refractivity contribution < 1.29 is 4.42 Å². The van der Waals surface area contributed by atoms with Crippen molar-refractivity contribution in [2.75, 3.05) is 5.32 Å². The van der Waals surface area contributed by atoms with Crippen molar-refractivity contribution in [2.24, 2.45) is 0 Å². The predicted octanol–water partition coefficient (Wildman–Crippen LogP) is 3.81. The summed E-state index contributed by atoms with van der Waals surface area (Å²) in [7, 11) is 0. The van der Waals surface area contributed by atoms with Gasteiger partial charge in [-0.25, -0.2) is 4.98 Å². The van der Waals surface area contributed by atoms with Crippen LogP contribution in [0.15, 0.2) is 44.3 Å². The van der Waals surface area contributed by atoms with Gasteiger partial charge in [-0.2, -0.15) is 5.26 Å². The Morgan fingerprint density at radius 2 is 2.27 bits per heavy atom. The van der Waals surface area contributed by atoms with E-state index in [0.29, 0.717) is 21.7 Å². The zero-order valence-electron chi connectivity index (χ0n) is 11.0. The number of nitriles is 1. The van der Waals surface area contributed by atoms with Crippen molar-refractivity contribution in [2.45, 2.75) is 15.9 Å². The van der Waals surface area contributed by atoms with E-state index in [0.717, 1.165) is 10.1 Å². The molecular formula is C13H8ClN5OS2. The summed E-state index contributed by atoms with van der Waals surface area (Å²) in [4.78, 5) is 4.16. The van der Waals surface area contributed by atoms with Crippen LogP contribution in [0.25, 0.3) is 0 Å². The van der Waals surface area contributed by atoms with Crippen molar-refractivity contribution >= 4 is 39.8 Å². The van der Waals surface area contributed by atoms with Gasteiger partial charge in [0.05, 0.1) is 17.8 Å². The molecule has 0 aliphatic carbocycles. The summed E-state index contributed by atoms with van der Waals surface area (Å²) >= 11 is 8.58. The van der Waals surface area contributed by atoms with Gasteiger partial charge in [-0.05, 0) is 36.0 Å². The average Bonchev–Trinajstić information content (AvgIpc) is 3.18. The Bertz CT molecular complexity index is 812. The maximum Gasteiger partial charge on any atom is 0.206 e. The molecule has 0 fully saturated rings. The fourth-order valence-corrected chi connectivity index (χ4v) is 3.36. The van der Waals surface area contributed by atoms with Crippen molar-refractivity contribution in [3.63, 3.8) is 0 Å². The molecule has 3 heterocycles. The third-order valence-corrected chi connectivity index (χ3v) is 4.69. The molecule has 0 atom stereocenters. The van der Waals surface area contributed by atoms with Gasteiger partial charge in [0, 0.05) is 0 Å². The minimum Gasteiger partial charge on any atom is -0.467 e. The van der Waals surface area contributed by atoms with Gasteiger partial charge in [0.25, 0.3) is 0 Å². The van der Waals surface area contributed by atoms with Gasteiger partial charge in [-0.1, -0.05) is 22.9 Å². The van der Waals surface area contributed by atoms with Crippen LogP contribution in [0.2, 0.25) is 5.02 Å². The van der Waals surface area contributed by atoms with Crippen LogP contribution in [0.3, 0.4) is 0 Å². The number of rotatable bonds is 5. The summed E-state index contributed by atoms with van der Waals surface area (Å²) in [6.07, 6.45) is 1.62. The number of nitrogens with zero attached hydrogens (tertiary/aromatic N) is 4. The largest absolute Gasteiger partial charge is 0.467 e. The monoisotopic (exact) mass is 349 g/mol. The molecule has 0 aromatic carbocycles. The first-order valence-corrected chi connectivity index (χ1v) is 8.10. The summed E-state index contributed by atoms with van der Waals surface area (Å²) < 4.78 is 5.95. The van der Waals surface area contributed by atoms with Crippen LogP contribution in [0.1, 0.15) is 11.5 Å². The zero-order chi connectivity index (χ0) is 15.4. The van der Waals surface area contributed by atoms with E-state index in [2.05, 4.69) is 20.5 Å². The highest BCUT2D eigenvalue weighted by molar-refractivity contribution is 8.01. The Morgan fingerprint density at radius 1 is 1.36 bits per heavy atom. The van der Waals surface area contributed by atoms with Crippen LogP contribution in [0.4, 0.5) is 5.13 Å². The van der Waals surface area contributed by atoms with Crippen LogP contribution in [-0.2, 0) is 6.54 Å². The first kappa shape index (κ1) is 14.8. The second-order valence-electron chi connectivity index (χ2n) is 4.00. The van der Waals surface area contributed by atoms with Crippen LogP contribution in [0, 0.1) is 11.3 Å². The van der Waals surface area contributed by atoms with E-state index in [1.807, 2.05) is 18.2 Å². The van der Waals surface area contributed by atoms with E-state index in [1.54, 1.807) is 18.4 Å². The van der Waals surface area contributed by atoms with E-state index < -0.39 is 0 Å². The minimum absolute atomic E-state index is 0.201. The molecule has 0 amide bonds. The number of nitrogens with one attached hydrogen (secondary N) is 1. The molecule has 3 aromatic rings. The fraction of sp³-hybridized carbons (Fsp3) is 0.0769. The maximum absolute atomic E-state index is 8.92. The molecular weight excluding hydrogens is 342 g/mol. The maximum atomic E-state index is 8.92. The number of halogens is 1. The first-order valence-electron chi connectivity index (χ1n) is 6.09. The molecule has 0 saturated heterocycles. The third kappa shape index (κ3) is 3.57. The SMILES string of the molecule is N#Cc1nc(Sc2nnc(NCc3ccco3)s2)ccc1Cl. The normalized spacial score (nSPS) is 10.4. The highest BCUT2D eigenvalue weighted by atomic mass is 35.5. The Hall–Kier alpha value is -2.08. The van der Waals surface area contributed by atoms with E-state index in [-0.39, 0.29) is 5.69 Å². The smallest absolute Gasteiger partial charge is 0.206 e. The van der Waals surface area contributed by atoms with Gasteiger partial charge >= 0.3 is 0 Å². The second kappa shape index (κ2) is 6.79. The van der Waals surface area contributed by atoms with Gasteiger partial charge in [0.15, 0.2) is 10.0 Å². The Morgan fingerprint density at radius 3 is 3.05 bits per heavy atom. The fourth-order valence-electron chi connectivity index (χ4n) is 1.55. The van der Waals surface area contributed by atoms with E-state index in [1.165, 1.54) is 23.1 Å². The van der Waals surface area contributed by atoms with Crippen molar-refractivity contribution in [1.29, 1.82) is 5.26 Å². The molecule has 6 nitrogen and oxygen atoms in total. The quantitative estimate of drug-likeness (QED) is 0.749. The van der Waals surface area contributed by atoms with Crippen molar-refractivity contribution in [1.82, 2.24) is 15.2 Å². The molecule has 0 aliphatic heterocycles. The van der Waals surface area contributed by atoms with Gasteiger partial charge in [0.2, 0.25) is 5.13 Å². The lowest BCUT2D eigenvalue weighted by molar-refractivity contribution is 0.518. The highest BCUT2D eigenvalue weighted by Crippen LogP contribution is 2.31. The van der Waals surface area contributed by atoms with Crippen molar-refractivity contribution in [3.8, 4) is 6.07 Å². The van der Waals surface area contributed by atoms with Gasteiger partial charge < -0.3 is 9.73 Å². The second-order valence-corrected chi connectivity index (χ2v) is 6.65. The van der Waals surface area contributed by atoms with Crippen LogP contribution < -0.4 is 5.32 Å². The predicted molar refractivity (Wildman–Crippen MR) is 84.0 cm³/mol. The Labute approximate surface area is 139 Å². The number of aromatic nitrogens is 3. The van der Waals surface area contributed by atoms with Gasteiger partial charge in [-0.3, -0.25) is 0 Å². The molecule has 110 valence electrons. The zero-order valence-corrected chi connectivity index (χ0v) is 13.4. The molecule has 22 heavy (non-hydrogen) atoms. The van der Waals surface area contributed by atoms with Crippen LogP contribution in [-0.4, -0.2) is 15.2 Å². The molecule has 3 aromatic heterocycles. The molecule has 9 heteroatoms. The lowest BCUT2D eigenvalue weighted by Crippen LogP contribution is -1.96. The third-order valence-electron chi connectivity index (χ3n) is 2.52. The summed E-state index contributed by atoms with van der Waals surface area (Å²) in [5.74, 6) is 0.822. The first-order chi connectivity index (χ1) is 10.7. The number of pyridine rings is 1. The average molecular weight is 350 g/mol. The standard InChI is InChI=1S/C13H8ClN5OS2/c14-9-3-4-11(17-10(9)6-15)21-13-19-18-12(22-13)16-7-8-2-1-5-20-8/h1-5H,7H2,(H,16,18). The Kier molecular flexibility index (Phi) is 4.58. The highest BCUT2D eigenvalue weighted by Gasteiger charge is 2.09. The number of furan rings is 1. The molecule has 0 aliphatic rings. The van der Waals surface area contributed by atoms with Gasteiger partial charge in [-0.15, -0.1) is 10.2 Å². The lowest BCUT2D eigenvalue weighted by Gasteiger charge is -1.98. The molecule has 0 unspecified atom stereocenters. The van der Waals surface area contributed by atoms with E-state index in [4.69, 9.17) is 21.3 Å². The van der Waals surface area contributed by atoms with Crippen LogP contribution >= 0.6 is 34.7 Å². The number of anilines is 1. The molecule has 0 radical (unpaired) electrons. The van der Waals surface area contributed by atoms with Crippen molar-refractivity contribution in [3.05, 3.63) is 47.0 Å². The lowest BCUT2D eigenvalue weighted by atomic mass is 10.4. The summed E-state index contributed by atoms with van der Waals surface area (Å²) in [5, 5.41) is 21.8. The molecule has 0 bridgehead atoms. The molecule has 1 N–H and O–H groups in total.